The molecule has 0 radical (unpaired) electrons. The molecule has 0 aromatic heterocycles. The maximum atomic E-state index is 12.8. The first-order valence-corrected chi connectivity index (χ1v) is 15.3. The van der Waals surface area contributed by atoms with Gasteiger partial charge in [-0.1, -0.05) is 19.4 Å². The number of unbranched alkanes of at least 4 members (excludes halogenated alkanes) is 2. The summed E-state index contributed by atoms with van der Waals surface area (Å²) in [6, 6.07) is 10.3. The molecular weight excluding hydrogens is 550 g/mol. The second kappa shape index (κ2) is 17.1. The van der Waals surface area contributed by atoms with E-state index in [1.165, 1.54) is 11.1 Å². The molecule has 0 spiro atoms. The molecule has 0 bridgehead atoms. The van der Waals surface area contributed by atoms with E-state index < -0.39 is 0 Å². The Bertz CT molecular complexity index is 1200. The molecule has 9 heteroatoms. The number of benzene rings is 2. The lowest BCUT2D eigenvalue weighted by molar-refractivity contribution is -0.940. The molecule has 2 aromatic rings. The van der Waals surface area contributed by atoms with E-state index >= 15 is 0 Å². The van der Waals surface area contributed by atoms with Gasteiger partial charge in [0.05, 0.1) is 61.6 Å². The molecule has 3 rings (SSSR count). The normalized spacial score (nSPS) is 17.6. The van der Waals surface area contributed by atoms with Crippen LogP contribution in [0.2, 0.25) is 0 Å². The summed E-state index contributed by atoms with van der Waals surface area (Å²) in [7, 11) is 8.80. The largest absolute Gasteiger partial charge is 0.493 e. The number of carbonyl (C=O) groups excluding carboxylic acids is 2. The van der Waals surface area contributed by atoms with Gasteiger partial charge in [-0.05, 0) is 54.7 Å². The molecule has 0 fully saturated rings. The van der Waals surface area contributed by atoms with Crippen molar-refractivity contribution in [2.75, 3.05) is 68.4 Å². The Kier molecular flexibility index (Phi) is 13.6. The van der Waals surface area contributed by atoms with Gasteiger partial charge in [-0.25, -0.2) is 0 Å². The van der Waals surface area contributed by atoms with E-state index in [0.717, 1.165) is 50.0 Å². The van der Waals surface area contributed by atoms with Crippen molar-refractivity contribution >= 4 is 11.8 Å². The molecular formula is C34H50NO8+. The first-order valence-electron chi connectivity index (χ1n) is 15.3. The van der Waals surface area contributed by atoms with Crippen molar-refractivity contribution in [3.8, 4) is 23.0 Å². The molecule has 9 nitrogen and oxygen atoms in total. The zero-order chi connectivity index (χ0) is 31.2. The zero-order valence-electron chi connectivity index (χ0n) is 26.9. The second-order valence-corrected chi connectivity index (χ2v) is 11.4. The average molecular weight is 601 g/mol. The third-order valence-corrected chi connectivity index (χ3v) is 8.37. The number of fused-ring (bicyclic) bond motifs is 1. The molecule has 0 amide bonds. The van der Waals surface area contributed by atoms with E-state index in [0.29, 0.717) is 60.8 Å². The molecule has 0 saturated heterocycles. The Morgan fingerprint density at radius 3 is 2.21 bits per heavy atom. The molecule has 0 unspecified atom stereocenters. The number of nitrogens with zero attached hydrogens (tertiary/aromatic N) is 1. The van der Waals surface area contributed by atoms with Gasteiger partial charge in [-0.15, -0.1) is 0 Å². The van der Waals surface area contributed by atoms with Crippen LogP contribution in [0, 0.1) is 0 Å². The highest BCUT2D eigenvalue weighted by Gasteiger charge is 2.40. The number of ether oxygens (including phenoxy) is 6. The van der Waals surface area contributed by atoms with Gasteiger partial charge >= 0.3 is 5.97 Å². The zero-order valence-corrected chi connectivity index (χ0v) is 26.9. The van der Waals surface area contributed by atoms with E-state index in [1.807, 2.05) is 12.1 Å². The number of rotatable bonds is 19. The Morgan fingerprint density at radius 1 is 0.837 bits per heavy atom. The molecule has 1 heterocycles. The number of likely N-dealkylation sites (N-methyl/N-ethyl adjacent to an activating group) is 1. The van der Waals surface area contributed by atoms with Crippen molar-refractivity contribution in [1.29, 1.82) is 0 Å². The number of carbonyl (C=O) groups is 2. The smallest absolute Gasteiger partial charge is 0.311 e. The predicted octanol–water partition coefficient (Wildman–Crippen LogP) is 5.50. The van der Waals surface area contributed by atoms with Crippen LogP contribution in [-0.4, -0.2) is 84.6 Å². The fraction of sp³-hybridized carbons (Fsp3) is 0.588. The number of hydrogen-bond acceptors (Lipinski definition) is 8. The summed E-state index contributed by atoms with van der Waals surface area (Å²) in [5.41, 5.74) is 3.55. The highest BCUT2D eigenvalue weighted by atomic mass is 16.5. The van der Waals surface area contributed by atoms with E-state index in [4.69, 9.17) is 28.4 Å². The van der Waals surface area contributed by atoms with Gasteiger partial charge < -0.3 is 32.9 Å². The van der Waals surface area contributed by atoms with E-state index in [-0.39, 0.29) is 24.4 Å². The van der Waals surface area contributed by atoms with Crippen LogP contribution in [0.3, 0.4) is 0 Å². The Hall–Kier alpha value is -3.30. The average Bonchev–Trinajstić information content (AvgIpc) is 3.02. The minimum atomic E-state index is -0.196. The van der Waals surface area contributed by atoms with Crippen LogP contribution in [0.25, 0.3) is 0 Å². The Balaban J connectivity index is 1.64. The number of ketones is 1. The summed E-state index contributed by atoms with van der Waals surface area (Å²) in [5, 5.41) is 0. The third-order valence-electron chi connectivity index (χ3n) is 8.37. The fourth-order valence-corrected chi connectivity index (χ4v) is 5.70. The van der Waals surface area contributed by atoms with Crippen molar-refractivity contribution in [2.24, 2.45) is 0 Å². The van der Waals surface area contributed by atoms with Gasteiger partial charge in [0, 0.05) is 31.4 Å². The summed E-state index contributed by atoms with van der Waals surface area (Å²) >= 11 is 0. The molecule has 2 atom stereocenters. The van der Waals surface area contributed by atoms with E-state index in [9.17, 15) is 9.59 Å². The van der Waals surface area contributed by atoms with Crippen LogP contribution >= 0.6 is 0 Å². The number of methoxy groups -OCH3 is 4. The van der Waals surface area contributed by atoms with Crippen LogP contribution in [0.4, 0.5) is 0 Å². The van der Waals surface area contributed by atoms with E-state index in [1.54, 1.807) is 28.4 Å². The molecule has 0 saturated carbocycles. The monoisotopic (exact) mass is 600 g/mol. The van der Waals surface area contributed by atoms with E-state index in [2.05, 4.69) is 32.2 Å². The lowest BCUT2D eigenvalue weighted by atomic mass is 9.86. The van der Waals surface area contributed by atoms with Gasteiger partial charge in [-0.2, -0.15) is 0 Å². The van der Waals surface area contributed by atoms with Crippen molar-refractivity contribution in [3.63, 3.8) is 0 Å². The summed E-state index contributed by atoms with van der Waals surface area (Å²) in [6.07, 6.45) is 5.88. The summed E-state index contributed by atoms with van der Waals surface area (Å²) < 4.78 is 34.0. The highest BCUT2D eigenvalue weighted by molar-refractivity contribution is 5.79. The third kappa shape index (κ3) is 9.60. The molecule has 238 valence electrons. The quantitative estimate of drug-likeness (QED) is 0.119. The summed E-state index contributed by atoms with van der Waals surface area (Å²) in [4.78, 5) is 24.5. The molecule has 2 aromatic carbocycles. The Labute approximate surface area is 256 Å². The van der Waals surface area contributed by atoms with Gasteiger partial charge in [0.1, 0.15) is 12.6 Å². The molecule has 1 aliphatic heterocycles. The first kappa shape index (κ1) is 34.2. The first-order chi connectivity index (χ1) is 20.8. The fourth-order valence-electron chi connectivity index (χ4n) is 5.70. The second-order valence-electron chi connectivity index (χ2n) is 11.4. The highest BCUT2D eigenvalue weighted by Crippen LogP contribution is 2.43. The van der Waals surface area contributed by atoms with Crippen LogP contribution in [-0.2, 0) is 31.9 Å². The van der Waals surface area contributed by atoms with Gasteiger partial charge in [-0.3, -0.25) is 9.59 Å². The van der Waals surface area contributed by atoms with Gasteiger partial charge in [0.15, 0.2) is 28.8 Å². The Morgan fingerprint density at radius 2 is 1.51 bits per heavy atom. The van der Waals surface area contributed by atoms with Gasteiger partial charge in [0.2, 0.25) is 0 Å². The maximum absolute atomic E-state index is 12.8. The van der Waals surface area contributed by atoms with Crippen molar-refractivity contribution < 1.29 is 42.5 Å². The van der Waals surface area contributed by atoms with Crippen LogP contribution < -0.4 is 18.9 Å². The van der Waals surface area contributed by atoms with Crippen LogP contribution in [0.1, 0.15) is 68.2 Å². The van der Waals surface area contributed by atoms with Crippen LogP contribution in [0.15, 0.2) is 30.3 Å². The topological polar surface area (TPSA) is 89.5 Å². The molecule has 0 aliphatic carbocycles. The SMILES string of the molecule is CCCCC(=O)COCCCCOC(=O)CC[N@@+]1(C)CCc2cc(OC)c(OC)cc2[C@H]1Cc1ccc(OC)c(OC)c1. The number of hydrogen-bond donors (Lipinski definition) is 0. The van der Waals surface area contributed by atoms with Crippen molar-refractivity contribution in [2.45, 2.75) is 64.3 Å². The lowest BCUT2D eigenvalue weighted by Crippen LogP contribution is -2.53. The minimum absolute atomic E-state index is 0.0756. The summed E-state index contributed by atoms with van der Waals surface area (Å²) in [6.45, 7) is 4.61. The van der Waals surface area contributed by atoms with Crippen molar-refractivity contribution in [3.05, 3.63) is 47.0 Å². The van der Waals surface area contributed by atoms with Crippen molar-refractivity contribution in [1.82, 2.24) is 0 Å². The standard InChI is InChI=1S/C34H50NO8/c1-7-8-11-27(36)24-42-18-9-10-19-43-34(37)15-17-35(2)16-14-26-22-32(40-5)33(41-6)23-28(26)29(35)20-25-12-13-30(38-3)31(21-25)39-4/h12-13,21-23,29H,7-11,14-20,24H2,1-6H3/q+1/t29-,35-/m1/s1. The summed E-state index contributed by atoms with van der Waals surface area (Å²) in [5.74, 6) is 2.74. The lowest BCUT2D eigenvalue weighted by Gasteiger charge is -2.46. The molecule has 43 heavy (non-hydrogen) atoms. The predicted molar refractivity (Wildman–Crippen MR) is 165 cm³/mol. The molecule has 1 aliphatic rings. The number of esters is 1. The molecule has 0 N–H and O–H groups in total. The number of Topliss-reactive ketones (excluding diaryl/α,β-unsaturated/α-hetero) is 1. The van der Waals surface area contributed by atoms with Crippen LogP contribution in [0.5, 0.6) is 23.0 Å². The van der Waals surface area contributed by atoms with Gasteiger partial charge in [0.25, 0.3) is 0 Å². The maximum Gasteiger partial charge on any atom is 0.311 e. The number of quaternary nitrogens is 1. The minimum Gasteiger partial charge on any atom is -0.493 e.